The number of thioether (sulfide) groups is 1. The van der Waals surface area contributed by atoms with Gasteiger partial charge in [-0.25, -0.2) is 0 Å². The van der Waals surface area contributed by atoms with Crippen molar-refractivity contribution in [1.82, 2.24) is 0 Å². The Morgan fingerprint density at radius 3 is 3.00 bits per heavy atom. The highest BCUT2D eigenvalue weighted by Gasteiger charge is 2.24. The summed E-state index contributed by atoms with van der Waals surface area (Å²) in [4.78, 5) is 25.5. The quantitative estimate of drug-likeness (QED) is 0.829. The van der Waals surface area contributed by atoms with E-state index in [1.54, 1.807) is 11.0 Å². The molecule has 0 aliphatic carbocycles. The van der Waals surface area contributed by atoms with Crippen LogP contribution in [-0.4, -0.2) is 24.0 Å². The molecule has 90 valence electrons. The van der Waals surface area contributed by atoms with Crippen molar-refractivity contribution in [3.63, 3.8) is 0 Å². The van der Waals surface area contributed by atoms with E-state index in [1.807, 2.05) is 12.1 Å². The Hall–Kier alpha value is -1.49. The van der Waals surface area contributed by atoms with Gasteiger partial charge in [-0.2, -0.15) is 0 Å². The standard InChI is InChI=1S/C12H14N2O2S/c1-8(15)4-5-14-10-3-2-9(13)6-11(10)17-7-12(14)16/h2-3,6H,4-5,7,13H2,1H3. The monoisotopic (exact) mass is 250 g/mol. The highest BCUT2D eigenvalue weighted by molar-refractivity contribution is 8.00. The van der Waals surface area contributed by atoms with Crippen LogP contribution < -0.4 is 10.6 Å². The Morgan fingerprint density at radius 1 is 1.53 bits per heavy atom. The second kappa shape index (κ2) is 4.79. The van der Waals surface area contributed by atoms with Crippen molar-refractivity contribution in [2.45, 2.75) is 18.2 Å². The minimum absolute atomic E-state index is 0.0496. The molecule has 0 aromatic heterocycles. The van der Waals surface area contributed by atoms with Gasteiger partial charge in [0.2, 0.25) is 5.91 Å². The fourth-order valence-corrected chi connectivity index (χ4v) is 2.72. The number of nitrogens with two attached hydrogens (primary N) is 1. The zero-order valence-corrected chi connectivity index (χ0v) is 10.4. The Labute approximate surface area is 104 Å². The third-order valence-corrected chi connectivity index (χ3v) is 3.64. The van der Waals surface area contributed by atoms with E-state index in [9.17, 15) is 9.59 Å². The molecular weight excluding hydrogens is 236 g/mol. The lowest BCUT2D eigenvalue weighted by atomic mass is 10.2. The number of ketones is 1. The molecule has 0 saturated heterocycles. The van der Waals surface area contributed by atoms with Crippen molar-refractivity contribution in [2.75, 3.05) is 22.9 Å². The largest absolute Gasteiger partial charge is 0.399 e. The predicted molar refractivity (Wildman–Crippen MR) is 69.2 cm³/mol. The number of hydrogen-bond acceptors (Lipinski definition) is 4. The van der Waals surface area contributed by atoms with Crippen LogP contribution in [-0.2, 0) is 9.59 Å². The van der Waals surface area contributed by atoms with Crippen molar-refractivity contribution in [1.29, 1.82) is 0 Å². The highest BCUT2D eigenvalue weighted by atomic mass is 32.2. The van der Waals surface area contributed by atoms with Gasteiger partial charge >= 0.3 is 0 Å². The van der Waals surface area contributed by atoms with Gasteiger partial charge < -0.3 is 10.6 Å². The molecule has 0 unspecified atom stereocenters. The lowest BCUT2D eigenvalue weighted by Crippen LogP contribution is -2.36. The summed E-state index contributed by atoms with van der Waals surface area (Å²) in [6, 6.07) is 5.49. The number of nitrogens with zero attached hydrogens (tertiary/aromatic N) is 1. The summed E-state index contributed by atoms with van der Waals surface area (Å²) in [5, 5.41) is 0. The molecule has 1 aromatic rings. The van der Waals surface area contributed by atoms with E-state index in [0.29, 0.717) is 24.4 Å². The van der Waals surface area contributed by atoms with Gasteiger partial charge in [0, 0.05) is 23.5 Å². The highest BCUT2D eigenvalue weighted by Crippen LogP contribution is 2.36. The molecule has 1 aromatic carbocycles. The summed E-state index contributed by atoms with van der Waals surface area (Å²) >= 11 is 1.49. The van der Waals surface area contributed by atoms with Gasteiger partial charge in [-0.05, 0) is 25.1 Å². The number of nitrogen functional groups attached to an aromatic ring is 1. The second-order valence-corrected chi connectivity index (χ2v) is 5.03. The molecule has 4 nitrogen and oxygen atoms in total. The number of rotatable bonds is 3. The molecular formula is C12H14N2O2S. The minimum atomic E-state index is 0.0496. The molecule has 1 heterocycles. The van der Waals surface area contributed by atoms with Gasteiger partial charge in [-0.3, -0.25) is 9.59 Å². The normalized spacial score (nSPS) is 14.6. The predicted octanol–water partition coefficient (Wildman–Crippen LogP) is 1.69. The fourth-order valence-electron chi connectivity index (χ4n) is 1.74. The van der Waals surface area contributed by atoms with E-state index in [-0.39, 0.29) is 11.7 Å². The summed E-state index contributed by atoms with van der Waals surface area (Å²) in [7, 11) is 0. The maximum absolute atomic E-state index is 11.8. The van der Waals surface area contributed by atoms with Crippen molar-refractivity contribution < 1.29 is 9.59 Å². The fraction of sp³-hybridized carbons (Fsp3) is 0.333. The smallest absolute Gasteiger partial charge is 0.237 e. The first kappa shape index (κ1) is 12.0. The maximum atomic E-state index is 11.8. The molecule has 1 amide bonds. The summed E-state index contributed by atoms with van der Waals surface area (Å²) in [5.74, 6) is 0.551. The molecule has 0 saturated carbocycles. The molecule has 2 rings (SSSR count). The van der Waals surface area contributed by atoms with E-state index in [0.717, 1.165) is 10.6 Å². The summed E-state index contributed by atoms with van der Waals surface area (Å²) in [6.07, 6.45) is 0.389. The average Bonchev–Trinajstić information content (AvgIpc) is 2.27. The van der Waals surface area contributed by atoms with Crippen LogP contribution in [0, 0.1) is 0 Å². The van der Waals surface area contributed by atoms with E-state index in [1.165, 1.54) is 18.7 Å². The lowest BCUT2D eigenvalue weighted by Gasteiger charge is -2.28. The molecule has 1 aliphatic rings. The third-order valence-electron chi connectivity index (χ3n) is 2.61. The number of benzene rings is 1. The third kappa shape index (κ3) is 2.61. The summed E-state index contributed by atoms with van der Waals surface area (Å²) in [6.45, 7) is 1.98. The van der Waals surface area contributed by atoms with Gasteiger partial charge in [0.05, 0.1) is 11.4 Å². The first-order valence-electron chi connectivity index (χ1n) is 5.40. The lowest BCUT2D eigenvalue weighted by molar-refractivity contribution is -0.117. The first-order chi connectivity index (χ1) is 8.08. The molecule has 17 heavy (non-hydrogen) atoms. The van der Waals surface area contributed by atoms with Crippen molar-refractivity contribution in [3.05, 3.63) is 18.2 Å². The molecule has 1 aliphatic heterocycles. The molecule has 5 heteroatoms. The van der Waals surface area contributed by atoms with Crippen LogP contribution >= 0.6 is 11.8 Å². The molecule has 0 fully saturated rings. The van der Waals surface area contributed by atoms with E-state index in [4.69, 9.17) is 5.73 Å². The number of carbonyl (C=O) groups excluding carboxylic acids is 2. The zero-order valence-electron chi connectivity index (χ0n) is 9.60. The van der Waals surface area contributed by atoms with E-state index < -0.39 is 0 Å². The molecule has 0 atom stereocenters. The van der Waals surface area contributed by atoms with Crippen molar-refractivity contribution in [2.24, 2.45) is 0 Å². The number of carbonyl (C=O) groups is 2. The van der Waals surface area contributed by atoms with Crippen LogP contribution in [0.15, 0.2) is 23.1 Å². The minimum Gasteiger partial charge on any atom is -0.399 e. The maximum Gasteiger partial charge on any atom is 0.237 e. The molecule has 2 N–H and O–H groups in total. The van der Waals surface area contributed by atoms with Crippen LogP contribution in [0.5, 0.6) is 0 Å². The Bertz CT molecular complexity index is 474. The molecule has 0 radical (unpaired) electrons. The number of hydrogen-bond donors (Lipinski definition) is 1. The number of Topliss-reactive ketones (excluding diaryl/α,β-unsaturated/α-hetero) is 1. The number of anilines is 2. The summed E-state index contributed by atoms with van der Waals surface area (Å²) < 4.78 is 0. The molecule has 0 spiro atoms. The van der Waals surface area contributed by atoms with Gasteiger partial charge in [0.1, 0.15) is 5.78 Å². The topological polar surface area (TPSA) is 63.4 Å². The van der Waals surface area contributed by atoms with E-state index >= 15 is 0 Å². The average molecular weight is 250 g/mol. The van der Waals surface area contributed by atoms with Crippen molar-refractivity contribution in [3.8, 4) is 0 Å². The van der Waals surface area contributed by atoms with Crippen LogP contribution in [0.4, 0.5) is 11.4 Å². The summed E-state index contributed by atoms with van der Waals surface area (Å²) in [5.41, 5.74) is 7.27. The van der Waals surface area contributed by atoms with Gasteiger partial charge in [0.15, 0.2) is 0 Å². The first-order valence-corrected chi connectivity index (χ1v) is 6.38. The number of fused-ring (bicyclic) bond motifs is 1. The zero-order chi connectivity index (χ0) is 12.4. The second-order valence-electron chi connectivity index (χ2n) is 4.01. The van der Waals surface area contributed by atoms with Crippen LogP contribution in [0.25, 0.3) is 0 Å². The van der Waals surface area contributed by atoms with Crippen LogP contribution in [0.3, 0.4) is 0 Å². The Balaban J connectivity index is 2.27. The number of amides is 1. The van der Waals surface area contributed by atoms with Crippen LogP contribution in [0.1, 0.15) is 13.3 Å². The SMILES string of the molecule is CC(=O)CCN1C(=O)CSc2cc(N)ccc21. The van der Waals surface area contributed by atoms with Crippen molar-refractivity contribution >= 4 is 34.8 Å². The van der Waals surface area contributed by atoms with Crippen LogP contribution in [0.2, 0.25) is 0 Å². The van der Waals surface area contributed by atoms with Gasteiger partial charge in [0.25, 0.3) is 0 Å². The van der Waals surface area contributed by atoms with Gasteiger partial charge in [-0.15, -0.1) is 11.8 Å². The van der Waals surface area contributed by atoms with E-state index in [2.05, 4.69) is 0 Å². The molecule has 0 bridgehead atoms. The van der Waals surface area contributed by atoms with Gasteiger partial charge in [-0.1, -0.05) is 0 Å². The Kier molecular flexibility index (Phi) is 3.38. The Morgan fingerprint density at radius 2 is 2.29 bits per heavy atom.